The number of amides is 1. The van der Waals surface area contributed by atoms with Crippen molar-refractivity contribution in [2.75, 3.05) is 5.32 Å². The third kappa shape index (κ3) is 6.17. The SMILES string of the molecule is Cc1cc(C(Nc2cccc(-c3cc(C)c(C(=O)NC(C)C(=O)O)c(C)c3)c2)C(F)F)ccc1Cl. The molecule has 0 radical (unpaired) electrons. The van der Waals surface area contributed by atoms with Crippen LogP contribution in [0.2, 0.25) is 5.02 Å². The van der Waals surface area contributed by atoms with Crippen molar-refractivity contribution in [2.45, 2.75) is 46.2 Å². The van der Waals surface area contributed by atoms with Gasteiger partial charge in [0, 0.05) is 16.3 Å². The molecule has 0 aliphatic rings. The van der Waals surface area contributed by atoms with Gasteiger partial charge in [0.25, 0.3) is 12.3 Å². The number of hydrogen-bond donors (Lipinski definition) is 3. The Bertz CT molecular complexity index is 1240. The lowest BCUT2D eigenvalue weighted by Gasteiger charge is -2.21. The largest absolute Gasteiger partial charge is 0.480 e. The minimum atomic E-state index is -2.64. The van der Waals surface area contributed by atoms with Gasteiger partial charge in [-0.1, -0.05) is 48.0 Å². The van der Waals surface area contributed by atoms with Crippen molar-refractivity contribution in [3.05, 3.63) is 87.4 Å². The molecule has 184 valence electrons. The summed E-state index contributed by atoms with van der Waals surface area (Å²) in [5.74, 6) is -1.58. The average Bonchev–Trinajstić information content (AvgIpc) is 2.78. The quantitative estimate of drug-likeness (QED) is 0.327. The number of carbonyl (C=O) groups is 2. The molecule has 2 unspecified atom stereocenters. The fraction of sp³-hybridized carbons (Fsp3) is 0.259. The minimum absolute atomic E-state index is 0.409. The number of benzene rings is 3. The molecule has 0 saturated heterocycles. The van der Waals surface area contributed by atoms with Crippen LogP contribution >= 0.6 is 11.6 Å². The Morgan fingerprint density at radius 3 is 2.14 bits per heavy atom. The van der Waals surface area contributed by atoms with Crippen LogP contribution in [0.5, 0.6) is 0 Å². The van der Waals surface area contributed by atoms with Gasteiger partial charge >= 0.3 is 5.97 Å². The highest BCUT2D eigenvalue weighted by molar-refractivity contribution is 6.31. The highest BCUT2D eigenvalue weighted by Gasteiger charge is 2.23. The first kappa shape index (κ1) is 26.2. The van der Waals surface area contributed by atoms with Crippen LogP contribution < -0.4 is 10.6 Å². The summed E-state index contributed by atoms with van der Waals surface area (Å²) in [7, 11) is 0. The molecule has 0 aliphatic heterocycles. The zero-order chi connectivity index (χ0) is 25.9. The molecule has 5 nitrogen and oxygen atoms in total. The van der Waals surface area contributed by atoms with Crippen molar-refractivity contribution in [3.63, 3.8) is 0 Å². The smallest absolute Gasteiger partial charge is 0.325 e. The summed E-state index contributed by atoms with van der Waals surface area (Å²) in [5, 5.41) is 15.0. The summed E-state index contributed by atoms with van der Waals surface area (Å²) in [6, 6.07) is 13.4. The van der Waals surface area contributed by atoms with E-state index in [-0.39, 0.29) is 0 Å². The van der Waals surface area contributed by atoms with E-state index in [1.165, 1.54) is 6.92 Å². The molecule has 0 aliphatic carbocycles. The summed E-state index contributed by atoms with van der Waals surface area (Å²) in [4.78, 5) is 23.7. The molecule has 3 aromatic carbocycles. The number of aliphatic carboxylic acids is 1. The predicted octanol–water partition coefficient (Wildman–Crippen LogP) is 6.55. The predicted molar refractivity (Wildman–Crippen MR) is 134 cm³/mol. The maximum absolute atomic E-state index is 13.9. The minimum Gasteiger partial charge on any atom is -0.480 e. The van der Waals surface area contributed by atoms with Crippen LogP contribution in [-0.2, 0) is 4.79 Å². The summed E-state index contributed by atoms with van der Waals surface area (Å²) >= 11 is 6.05. The van der Waals surface area contributed by atoms with Crippen LogP contribution in [0.1, 0.15) is 45.6 Å². The van der Waals surface area contributed by atoms with Crippen molar-refractivity contribution >= 4 is 29.2 Å². The number of aryl methyl sites for hydroxylation is 3. The molecular weight excluding hydrogens is 474 g/mol. The van der Waals surface area contributed by atoms with Crippen LogP contribution in [0.4, 0.5) is 14.5 Å². The van der Waals surface area contributed by atoms with Crippen molar-refractivity contribution in [1.82, 2.24) is 5.32 Å². The summed E-state index contributed by atoms with van der Waals surface area (Å²) in [5.41, 5.74) is 5.03. The van der Waals surface area contributed by atoms with Gasteiger partial charge < -0.3 is 15.7 Å². The second-order valence-electron chi connectivity index (χ2n) is 8.56. The zero-order valence-corrected chi connectivity index (χ0v) is 20.6. The maximum atomic E-state index is 13.9. The van der Waals surface area contributed by atoms with Gasteiger partial charge in [0.2, 0.25) is 0 Å². The molecule has 0 aromatic heterocycles. The Balaban J connectivity index is 1.89. The second kappa shape index (κ2) is 10.9. The number of hydrogen-bond acceptors (Lipinski definition) is 3. The van der Waals surface area contributed by atoms with Gasteiger partial charge in [0.05, 0.1) is 0 Å². The Morgan fingerprint density at radius 2 is 1.57 bits per heavy atom. The van der Waals surface area contributed by atoms with E-state index in [1.807, 2.05) is 18.2 Å². The molecule has 0 heterocycles. The van der Waals surface area contributed by atoms with Gasteiger partial charge in [0.15, 0.2) is 0 Å². The van der Waals surface area contributed by atoms with Gasteiger partial charge in [-0.15, -0.1) is 0 Å². The van der Waals surface area contributed by atoms with Crippen molar-refractivity contribution in [1.29, 1.82) is 0 Å². The van der Waals surface area contributed by atoms with Gasteiger partial charge in [-0.3, -0.25) is 9.59 Å². The molecule has 0 spiro atoms. The third-order valence-corrected chi connectivity index (χ3v) is 6.21. The number of carboxylic acids is 1. The van der Waals surface area contributed by atoms with E-state index in [4.69, 9.17) is 16.7 Å². The van der Waals surface area contributed by atoms with Crippen LogP contribution in [0, 0.1) is 20.8 Å². The molecule has 35 heavy (non-hydrogen) atoms. The highest BCUT2D eigenvalue weighted by Crippen LogP contribution is 2.31. The van der Waals surface area contributed by atoms with Gasteiger partial charge in [-0.05, 0) is 79.3 Å². The standard InChI is InChI=1S/C27H27ClF2N2O3/c1-14-10-19(8-9-22(14)28)24(25(29)30)32-21-7-5-6-18(13-21)20-11-15(2)23(16(3)12-20)26(33)31-17(4)27(34)35/h5-13,17,24-25,32H,1-4H3,(H,31,33)(H,34,35). The lowest BCUT2D eigenvalue weighted by molar-refractivity contribution is -0.138. The zero-order valence-electron chi connectivity index (χ0n) is 19.8. The number of anilines is 1. The van der Waals surface area contributed by atoms with Crippen molar-refractivity contribution < 1.29 is 23.5 Å². The molecule has 3 N–H and O–H groups in total. The summed E-state index contributed by atoms with van der Waals surface area (Å²) < 4.78 is 27.8. The van der Waals surface area contributed by atoms with E-state index in [0.29, 0.717) is 33.0 Å². The summed E-state index contributed by atoms with van der Waals surface area (Å²) in [6.07, 6.45) is -2.64. The molecule has 3 rings (SSSR count). The molecule has 1 amide bonds. The van der Waals surface area contributed by atoms with E-state index in [1.54, 1.807) is 57.2 Å². The first-order chi connectivity index (χ1) is 16.5. The van der Waals surface area contributed by atoms with E-state index in [2.05, 4.69) is 10.6 Å². The molecule has 0 fully saturated rings. The van der Waals surface area contributed by atoms with Crippen LogP contribution in [0.3, 0.4) is 0 Å². The normalized spacial score (nSPS) is 12.8. The Labute approximate surface area is 208 Å². The second-order valence-corrected chi connectivity index (χ2v) is 8.97. The van der Waals surface area contributed by atoms with Gasteiger partial charge in [-0.25, -0.2) is 8.78 Å². The first-order valence-electron chi connectivity index (χ1n) is 11.0. The van der Waals surface area contributed by atoms with Crippen LogP contribution in [-0.4, -0.2) is 29.5 Å². The molecule has 8 heteroatoms. The molecule has 3 aromatic rings. The first-order valence-corrected chi connectivity index (χ1v) is 11.4. The van der Waals surface area contributed by atoms with E-state index < -0.39 is 30.4 Å². The highest BCUT2D eigenvalue weighted by atomic mass is 35.5. The molecule has 2 atom stereocenters. The Morgan fingerprint density at radius 1 is 0.914 bits per heavy atom. The third-order valence-electron chi connectivity index (χ3n) is 5.79. The van der Waals surface area contributed by atoms with E-state index in [9.17, 15) is 18.4 Å². The van der Waals surface area contributed by atoms with Crippen molar-refractivity contribution in [3.8, 4) is 11.1 Å². The van der Waals surface area contributed by atoms with Crippen LogP contribution in [0.15, 0.2) is 54.6 Å². The molecule has 0 bridgehead atoms. The average molecular weight is 501 g/mol. The number of carboxylic acid groups (broad SMARTS) is 1. The lowest BCUT2D eigenvalue weighted by Crippen LogP contribution is -2.38. The maximum Gasteiger partial charge on any atom is 0.325 e. The number of rotatable bonds is 8. The molecular formula is C27H27ClF2N2O3. The van der Waals surface area contributed by atoms with E-state index >= 15 is 0 Å². The summed E-state index contributed by atoms with van der Waals surface area (Å²) in [6.45, 7) is 6.71. The number of halogens is 3. The van der Waals surface area contributed by atoms with Gasteiger partial charge in [0.1, 0.15) is 12.1 Å². The number of carbonyl (C=O) groups excluding carboxylic acids is 1. The number of alkyl halides is 2. The van der Waals surface area contributed by atoms with Crippen LogP contribution in [0.25, 0.3) is 11.1 Å². The fourth-order valence-corrected chi connectivity index (χ4v) is 4.06. The topological polar surface area (TPSA) is 78.4 Å². The lowest BCUT2D eigenvalue weighted by atomic mass is 9.94. The Hall–Kier alpha value is -3.45. The van der Waals surface area contributed by atoms with E-state index in [0.717, 1.165) is 16.7 Å². The fourth-order valence-electron chi connectivity index (χ4n) is 3.94. The molecule has 0 saturated carbocycles. The van der Waals surface area contributed by atoms with Crippen molar-refractivity contribution in [2.24, 2.45) is 0 Å². The Kier molecular flexibility index (Phi) is 8.12. The number of nitrogens with one attached hydrogen (secondary N) is 2. The van der Waals surface area contributed by atoms with Gasteiger partial charge in [-0.2, -0.15) is 0 Å². The monoisotopic (exact) mass is 500 g/mol.